The predicted octanol–water partition coefficient (Wildman–Crippen LogP) is 3.86. The molecule has 0 bridgehead atoms. The van der Waals surface area contributed by atoms with Gasteiger partial charge in [0.25, 0.3) is 0 Å². The summed E-state index contributed by atoms with van der Waals surface area (Å²) in [6.45, 7) is 0.952. The van der Waals surface area contributed by atoms with Crippen LogP contribution in [-0.2, 0) is 13.0 Å². The van der Waals surface area contributed by atoms with Gasteiger partial charge in [0.1, 0.15) is 0 Å². The minimum atomic E-state index is 0.277. The summed E-state index contributed by atoms with van der Waals surface area (Å²) in [6, 6.07) is 13.9. The van der Waals surface area contributed by atoms with Crippen molar-refractivity contribution in [2.75, 3.05) is 12.1 Å². The number of hydrogen-bond acceptors (Lipinski definition) is 4. The van der Waals surface area contributed by atoms with Gasteiger partial charge in [-0.05, 0) is 35.4 Å². The van der Waals surface area contributed by atoms with Gasteiger partial charge in [-0.1, -0.05) is 28.1 Å². The number of halogens is 1. The van der Waals surface area contributed by atoms with Crippen molar-refractivity contribution >= 4 is 21.6 Å². The fraction of sp³-hybridized carbons (Fsp3) is 0.188. The predicted molar refractivity (Wildman–Crippen MR) is 83.4 cm³/mol. The lowest BCUT2D eigenvalue weighted by Gasteiger charge is -2.10. The van der Waals surface area contributed by atoms with Crippen LogP contribution in [0.1, 0.15) is 11.1 Å². The van der Waals surface area contributed by atoms with E-state index in [0.29, 0.717) is 13.0 Å². The normalized spacial score (nSPS) is 12.0. The molecule has 0 saturated heterocycles. The average molecular weight is 345 g/mol. The number of anilines is 1. The van der Waals surface area contributed by atoms with Crippen LogP contribution in [0.15, 0.2) is 40.9 Å². The number of nitrogens with one attached hydrogen (secondary N) is 1. The molecule has 0 atom stereocenters. The molecule has 0 aromatic heterocycles. The number of nitriles is 1. The first kappa shape index (κ1) is 13.8. The van der Waals surface area contributed by atoms with Gasteiger partial charge in [-0.2, -0.15) is 5.26 Å². The average Bonchev–Trinajstić information content (AvgIpc) is 2.93. The molecule has 0 unspecified atom stereocenters. The van der Waals surface area contributed by atoms with Crippen molar-refractivity contribution in [2.24, 2.45) is 0 Å². The lowest BCUT2D eigenvalue weighted by atomic mass is 10.1. The van der Waals surface area contributed by atoms with Gasteiger partial charge in [0, 0.05) is 16.7 Å². The van der Waals surface area contributed by atoms with Crippen molar-refractivity contribution in [3.05, 3.63) is 52.0 Å². The Hall–Kier alpha value is -2.19. The molecule has 4 nitrogen and oxygen atoms in total. The van der Waals surface area contributed by atoms with Gasteiger partial charge in [0.05, 0.1) is 12.5 Å². The summed E-state index contributed by atoms with van der Waals surface area (Å²) in [7, 11) is 0. The monoisotopic (exact) mass is 344 g/mol. The van der Waals surface area contributed by atoms with E-state index in [-0.39, 0.29) is 6.79 Å². The van der Waals surface area contributed by atoms with E-state index in [0.717, 1.165) is 32.8 Å². The molecule has 0 aliphatic carbocycles. The van der Waals surface area contributed by atoms with E-state index >= 15 is 0 Å². The molecule has 21 heavy (non-hydrogen) atoms. The van der Waals surface area contributed by atoms with Crippen molar-refractivity contribution in [3.63, 3.8) is 0 Å². The van der Waals surface area contributed by atoms with Gasteiger partial charge in [-0.25, -0.2) is 0 Å². The molecular weight excluding hydrogens is 332 g/mol. The first-order chi connectivity index (χ1) is 10.3. The Bertz CT molecular complexity index is 693. The molecule has 1 heterocycles. The Morgan fingerprint density at radius 1 is 1.14 bits per heavy atom. The fourth-order valence-corrected chi connectivity index (χ4v) is 2.59. The maximum absolute atomic E-state index is 8.66. The van der Waals surface area contributed by atoms with Crippen LogP contribution in [-0.4, -0.2) is 6.79 Å². The molecule has 1 N–H and O–H groups in total. The van der Waals surface area contributed by atoms with E-state index in [1.54, 1.807) is 0 Å². The zero-order valence-electron chi connectivity index (χ0n) is 11.2. The Balaban J connectivity index is 1.69. The SMILES string of the molecule is N#CCc1ccc(NCc2cc3c(cc2Br)OCO3)cc1. The molecule has 0 radical (unpaired) electrons. The quantitative estimate of drug-likeness (QED) is 0.914. The zero-order chi connectivity index (χ0) is 14.7. The number of hydrogen-bond donors (Lipinski definition) is 1. The maximum atomic E-state index is 8.66. The molecule has 3 rings (SSSR count). The molecule has 0 amide bonds. The number of fused-ring (bicyclic) bond motifs is 1. The molecule has 0 fully saturated rings. The van der Waals surface area contributed by atoms with Crippen molar-refractivity contribution in [1.82, 2.24) is 0 Å². The third-order valence-electron chi connectivity index (χ3n) is 3.26. The lowest BCUT2D eigenvalue weighted by molar-refractivity contribution is 0.174. The summed E-state index contributed by atoms with van der Waals surface area (Å²) in [5.74, 6) is 1.55. The Morgan fingerprint density at radius 2 is 1.86 bits per heavy atom. The fourth-order valence-electron chi connectivity index (χ4n) is 2.12. The topological polar surface area (TPSA) is 54.3 Å². The van der Waals surface area contributed by atoms with E-state index in [4.69, 9.17) is 14.7 Å². The van der Waals surface area contributed by atoms with E-state index in [9.17, 15) is 0 Å². The summed E-state index contributed by atoms with van der Waals surface area (Å²) in [4.78, 5) is 0. The van der Waals surface area contributed by atoms with Crippen LogP contribution < -0.4 is 14.8 Å². The van der Waals surface area contributed by atoms with Gasteiger partial charge >= 0.3 is 0 Å². The van der Waals surface area contributed by atoms with Gasteiger partial charge in [0.15, 0.2) is 11.5 Å². The molecule has 0 spiro atoms. The number of ether oxygens (including phenoxy) is 2. The summed E-state index contributed by atoms with van der Waals surface area (Å²) < 4.78 is 11.7. The first-order valence-corrected chi connectivity index (χ1v) is 7.33. The minimum absolute atomic E-state index is 0.277. The van der Waals surface area contributed by atoms with Crippen LogP contribution in [0.25, 0.3) is 0 Å². The highest BCUT2D eigenvalue weighted by atomic mass is 79.9. The number of benzene rings is 2. The van der Waals surface area contributed by atoms with Crippen molar-refractivity contribution in [3.8, 4) is 17.6 Å². The van der Waals surface area contributed by atoms with Gasteiger partial charge in [0.2, 0.25) is 6.79 Å². The van der Waals surface area contributed by atoms with E-state index in [2.05, 4.69) is 27.3 Å². The smallest absolute Gasteiger partial charge is 0.231 e. The maximum Gasteiger partial charge on any atom is 0.231 e. The molecular formula is C16H13BrN2O2. The molecule has 106 valence electrons. The van der Waals surface area contributed by atoms with Crippen LogP contribution in [0.2, 0.25) is 0 Å². The molecule has 1 aliphatic rings. The van der Waals surface area contributed by atoms with Crippen molar-refractivity contribution in [1.29, 1.82) is 5.26 Å². The molecule has 2 aromatic rings. The highest BCUT2D eigenvalue weighted by Gasteiger charge is 2.16. The molecule has 2 aromatic carbocycles. The Morgan fingerprint density at radius 3 is 2.57 bits per heavy atom. The second kappa shape index (κ2) is 6.06. The lowest BCUT2D eigenvalue weighted by Crippen LogP contribution is -2.00. The second-order valence-corrected chi connectivity index (χ2v) is 5.54. The standard InChI is InChI=1S/C16H13BrN2O2/c17-14-8-16-15(20-10-21-16)7-12(14)9-19-13-3-1-11(2-4-13)5-6-18/h1-4,7-8,19H,5,9-10H2. The van der Waals surface area contributed by atoms with Crippen molar-refractivity contribution < 1.29 is 9.47 Å². The third kappa shape index (κ3) is 3.11. The van der Waals surface area contributed by atoms with Crippen LogP contribution >= 0.6 is 15.9 Å². The minimum Gasteiger partial charge on any atom is -0.454 e. The van der Waals surface area contributed by atoms with Gasteiger partial charge < -0.3 is 14.8 Å². The van der Waals surface area contributed by atoms with E-state index < -0.39 is 0 Å². The van der Waals surface area contributed by atoms with E-state index in [1.165, 1.54) is 0 Å². The Kier molecular flexibility index (Phi) is 3.98. The summed E-state index contributed by atoms with van der Waals surface area (Å²) in [5.41, 5.74) is 3.13. The number of nitrogens with zero attached hydrogens (tertiary/aromatic N) is 1. The highest BCUT2D eigenvalue weighted by Crippen LogP contribution is 2.37. The van der Waals surface area contributed by atoms with Gasteiger partial charge in [-0.3, -0.25) is 0 Å². The van der Waals surface area contributed by atoms with E-state index in [1.807, 2.05) is 36.4 Å². The highest BCUT2D eigenvalue weighted by molar-refractivity contribution is 9.10. The third-order valence-corrected chi connectivity index (χ3v) is 4.00. The summed E-state index contributed by atoms with van der Waals surface area (Å²) >= 11 is 3.54. The number of rotatable bonds is 4. The molecule has 1 aliphatic heterocycles. The molecule has 5 heteroatoms. The van der Waals surface area contributed by atoms with Crippen LogP contribution in [0.4, 0.5) is 5.69 Å². The van der Waals surface area contributed by atoms with Crippen LogP contribution in [0, 0.1) is 11.3 Å². The van der Waals surface area contributed by atoms with Gasteiger partial charge in [-0.15, -0.1) is 0 Å². The second-order valence-electron chi connectivity index (χ2n) is 4.68. The molecule has 0 saturated carbocycles. The van der Waals surface area contributed by atoms with Crippen molar-refractivity contribution in [2.45, 2.75) is 13.0 Å². The summed E-state index contributed by atoms with van der Waals surface area (Å²) in [5, 5.41) is 12.0. The zero-order valence-corrected chi connectivity index (χ0v) is 12.8. The summed E-state index contributed by atoms with van der Waals surface area (Å²) in [6.07, 6.45) is 0.438. The van der Waals surface area contributed by atoms with Crippen LogP contribution in [0.3, 0.4) is 0 Å². The largest absolute Gasteiger partial charge is 0.454 e. The Labute approximate surface area is 131 Å². The first-order valence-electron chi connectivity index (χ1n) is 6.54. The van der Waals surface area contributed by atoms with Crippen LogP contribution in [0.5, 0.6) is 11.5 Å².